The Balaban J connectivity index is 2.34. The average molecular weight is 249 g/mol. The van der Waals surface area contributed by atoms with E-state index in [1.54, 1.807) is 17.9 Å². The molecule has 1 heterocycles. The number of benzene rings is 1. The van der Waals surface area contributed by atoms with Gasteiger partial charge in [0.25, 0.3) is 5.69 Å². The number of amides is 1. The van der Waals surface area contributed by atoms with Gasteiger partial charge in [0.1, 0.15) is 0 Å². The maximum atomic E-state index is 12.1. The van der Waals surface area contributed by atoms with Crippen LogP contribution in [0.3, 0.4) is 0 Å². The van der Waals surface area contributed by atoms with Crippen LogP contribution in [-0.2, 0) is 11.2 Å². The van der Waals surface area contributed by atoms with Gasteiger partial charge in [-0.05, 0) is 12.0 Å². The highest BCUT2D eigenvalue weighted by Crippen LogP contribution is 2.32. The highest BCUT2D eigenvalue weighted by atomic mass is 16.6. The molecule has 1 aliphatic heterocycles. The van der Waals surface area contributed by atoms with Crippen LogP contribution in [0.15, 0.2) is 18.2 Å². The van der Waals surface area contributed by atoms with Crippen molar-refractivity contribution in [2.45, 2.75) is 13.3 Å². The fourth-order valence-corrected chi connectivity index (χ4v) is 2.08. The Bertz CT molecular complexity index is 501. The molecule has 0 fully saturated rings. The van der Waals surface area contributed by atoms with Gasteiger partial charge in [-0.1, -0.05) is 13.0 Å². The lowest BCUT2D eigenvalue weighted by Crippen LogP contribution is -2.36. The van der Waals surface area contributed by atoms with Crippen LogP contribution in [-0.4, -0.2) is 23.9 Å². The van der Waals surface area contributed by atoms with Gasteiger partial charge >= 0.3 is 0 Å². The fraction of sp³-hybridized carbons (Fsp3) is 0.417. The molecule has 0 aliphatic carbocycles. The topological polar surface area (TPSA) is 89.5 Å². The third-order valence-corrected chi connectivity index (χ3v) is 3.22. The molecule has 1 aliphatic rings. The van der Waals surface area contributed by atoms with E-state index in [4.69, 9.17) is 5.73 Å². The van der Waals surface area contributed by atoms with Crippen molar-refractivity contribution in [3.05, 3.63) is 33.9 Å². The second kappa shape index (κ2) is 4.73. The number of nitrogens with zero attached hydrogens (tertiary/aromatic N) is 2. The first-order chi connectivity index (χ1) is 8.54. The molecule has 0 bridgehead atoms. The zero-order valence-corrected chi connectivity index (χ0v) is 10.1. The average Bonchev–Trinajstić information content (AvgIpc) is 2.79. The van der Waals surface area contributed by atoms with E-state index in [0.717, 1.165) is 12.0 Å². The molecule has 6 nitrogen and oxygen atoms in total. The minimum Gasteiger partial charge on any atom is -0.330 e. The van der Waals surface area contributed by atoms with Crippen LogP contribution in [0.5, 0.6) is 0 Å². The summed E-state index contributed by atoms with van der Waals surface area (Å²) < 4.78 is 0. The van der Waals surface area contributed by atoms with Crippen molar-refractivity contribution in [1.29, 1.82) is 0 Å². The minimum atomic E-state index is -0.451. The predicted molar refractivity (Wildman–Crippen MR) is 67.4 cm³/mol. The van der Waals surface area contributed by atoms with Gasteiger partial charge in [0.05, 0.1) is 10.6 Å². The lowest BCUT2D eigenvalue weighted by atomic mass is 10.1. The van der Waals surface area contributed by atoms with Gasteiger partial charge < -0.3 is 10.6 Å². The van der Waals surface area contributed by atoms with Gasteiger partial charge in [-0.3, -0.25) is 14.9 Å². The minimum absolute atomic E-state index is 0.00820. The first-order valence-electron chi connectivity index (χ1n) is 5.83. The molecular weight excluding hydrogens is 234 g/mol. The van der Waals surface area contributed by atoms with E-state index in [0.29, 0.717) is 12.2 Å². The van der Waals surface area contributed by atoms with E-state index in [-0.39, 0.29) is 24.1 Å². The zero-order chi connectivity index (χ0) is 13.3. The molecule has 1 atom stereocenters. The van der Waals surface area contributed by atoms with Crippen LogP contribution in [0.1, 0.15) is 12.5 Å². The molecule has 96 valence electrons. The summed E-state index contributed by atoms with van der Waals surface area (Å²) in [5.74, 6) is -0.341. The number of nitro groups is 1. The van der Waals surface area contributed by atoms with E-state index >= 15 is 0 Å². The number of hydrogen-bond donors (Lipinski definition) is 1. The molecule has 6 heteroatoms. The second-order valence-corrected chi connectivity index (χ2v) is 4.45. The molecule has 1 unspecified atom stereocenters. The Kier molecular flexibility index (Phi) is 3.29. The van der Waals surface area contributed by atoms with Crippen LogP contribution in [0, 0.1) is 16.0 Å². The van der Waals surface area contributed by atoms with Gasteiger partial charge in [-0.2, -0.15) is 0 Å². The number of anilines is 1. The highest BCUT2D eigenvalue weighted by Gasteiger charge is 2.28. The number of rotatable bonds is 3. The van der Waals surface area contributed by atoms with Crippen LogP contribution < -0.4 is 10.6 Å². The molecule has 0 saturated heterocycles. The molecule has 2 rings (SSSR count). The maximum absolute atomic E-state index is 12.1. The Morgan fingerprint density at radius 2 is 2.33 bits per heavy atom. The molecule has 1 aromatic carbocycles. The monoisotopic (exact) mass is 249 g/mol. The molecule has 2 N–H and O–H groups in total. The molecular formula is C12H15N3O3. The summed E-state index contributed by atoms with van der Waals surface area (Å²) in [4.78, 5) is 24.0. The number of carbonyl (C=O) groups excluding carboxylic acids is 1. The number of carbonyl (C=O) groups is 1. The van der Waals surface area contributed by atoms with Gasteiger partial charge in [-0.15, -0.1) is 0 Å². The van der Waals surface area contributed by atoms with Gasteiger partial charge in [0, 0.05) is 31.1 Å². The summed E-state index contributed by atoms with van der Waals surface area (Å²) in [6, 6.07) is 4.65. The second-order valence-electron chi connectivity index (χ2n) is 4.45. The van der Waals surface area contributed by atoms with E-state index in [9.17, 15) is 14.9 Å². The van der Waals surface area contributed by atoms with E-state index in [1.807, 2.05) is 0 Å². The summed E-state index contributed by atoms with van der Waals surface area (Å²) in [5, 5.41) is 10.7. The number of nitro benzene ring substituents is 1. The smallest absolute Gasteiger partial charge is 0.271 e. The Hall–Kier alpha value is -1.95. The molecule has 0 saturated carbocycles. The van der Waals surface area contributed by atoms with Crippen LogP contribution >= 0.6 is 0 Å². The number of hydrogen-bond acceptors (Lipinski definition) is 4. The van der Waals surface area contributed by atoms with Crippen LogP contribution in [0.4, 0.5) is 11.4 Å². The van der Waals surface area contributed by atoms with Crippen LogP contribution in [0.2, 0.25) is 0 Å². The molecule has 0 radical (unpaired) electrons. The van der Waals surface area contributed by atoms with Gasteiger partial charge in [0.2, 0.25) is 5.91 Å². The standard InChI is InChI=1S/C12H15N3O3/c1-8(7-13)12(16)14-5-4-9-2-3-10(15(17)18)6-11(9)14/h2-3,6,8H,4-5,7,13H2,1H3. The number of nitrogens with two attached hydrogens (primary N) is 1. The van der Waals surface area contributed by atoms with Crippen molar-refractivity contribution in [2.24, 2.45) is 11.7 Å². The van der Waals surface area contributed by atoms with Crippen molar-refractivity contribution in [1.82, 2.24) is 0 Å². The molecule has 1 aromatic rings. The fourth-order valence-electron chi connectivity index (χ4n) is 2.08. The number of fused-ring (bicyclic) bond motifs is 1. The van der Waals surface area contributed by atoms with E-state index in [1.165, 1.54) is 12.1 Å². The lowest BCUT2D eigenvalue weighted by Gasteiger charge is -2.20. The van der Waals surface area contributed by atoms with Crippen LogP contribution in [0.25, 0.3) is 0 Å². The van der Waals surface area contributed by atoms with Crippen molar-refractivity contribution in [2.75, 3.05) is 18.0 Å². The zero-order valence-electron chi connectivity index (χ0n) is 10.1. The summed E-state index contributed by atoms with van der Waals surface area (Å²) >= 11 is 0. The van der Waals surface area contributed by atoms with Gasteiger partial charge in [-0.25, -0.2) is 0 Å². The molecule has 1 amide bonds. The molecule has 0 aromatic heterocycles. The normalized spacial score (nSPS) is 15.3. The van der Waals surface area contributed by atoms with Crippen molar-refractivity contribution < 1.29 is 9.72 Å². The molecule has 0 spiro atoms. The Labute approximate surface area is 105 Å². The first kappa shape index (κ1) is 12.5. The SMILES string of the molecule is CC(CN)C(=O)N1CCc2ccc([N+](=O)[O-])cc21. The summed E-state index contributed by atoms with van der Waals surface area (Å²) in [5.41, 5.74) is 7.11. The molecule has 18 heavy (non-hydrogen) atoms. The summed E-state index contributed by atoms with van der Waals surface area (Å²) in [6.45, 7) is 2.61. The third-order valence-electron chi connectivity index (χ3n) is 3.22. The van der Waals surface area contributed by atoms with Crippen molar-refractivity contribution in [3.63, 3.8) is 0 Å². The summed E-state index contributed by atoms with van der Waals surface area (Å²) in [6.07, 6.45) is 0.732. The van der Waals surface area contributed by atoms with E-state index < -0.39 is 4.92 Å². The maximum Gasteiger partial charge on any atom is 0.271 e. The van der Waals surface area contributed by atoms with Crippen molar-refractivity contribution >= 4 is 17.3 Å². The third kappa shape index (κ3) is 2.06. The summed E-state index contributed by atoms with van der Waals surface area (Å²) in [7, 11) is 0. The Morgan fingerprint density at radius 3 is 2.94 bits per heavy atom. The lowest BCUT2D eigenvalue weighted by molar-refractivity contribution is -0.384. The van der Waals surface area contributed by atoms with Gasteiger partial charge in [0.15, 0.2) is 0 Å². The first-order valence-corrected chi connectivity index (χ1v) is 5.83. The highest BCUT2D eigenvalue weighted by molar-refractivity contribution is 5.97. The van der Waals surface area contributed by atoms with E-state index in [2.05, 4.69) is 0 Å². The van der Waals surface area contributed by atoms with Crippen molar-refractivity contribution in [3.8, 4) is 0 Å². The predicted octanol–water partition coefficient (Wildman–Crippen LogP) is 1.08. The largest absolute Gasteiger partial charge is 0.330 e. The Morgan fingerprint density at radius 1 is 1.61 bits per heavy atom. The quantitative estimate of drug-likeness (QED) is 0.641. The number of non-ortho nitro benzene ring substituents is 1.